The molecular formula is C11H14N2O2. The van der Waals surface area contributed by atoms with E-state index >= 15 is 0 Å². The van der Waals surface area contributed by atoms with Crippen LogP contribution in [0, 0.1) is 0 Å². The molecule has 1 aromatic rings. The fraction of sp³-hybridized carbons (Fsp3) is 0.273. The number of amides is 1. The van der Waals surface area contributed by atoms with E-state index in [-0.39, 0.29) is 5.91 Å². The summed E-state index contributed by atoms with van der Waals surface area (Å²) in [6.07, 6.45) is 7.11. The zero-order chi connectivity index (χ0) is 11.1. The Morgan fingerprint density at radius 2 is 2.40 bits per heavy atom. The van der Waals surface area contributed by atoms with Crippen LogP contribution in [0.1, 0.15) is 12.5 Å². The number of aromatic nitrogens is 1. The summed E-state index contributed by atoms with van der Waals surface area (Å²) in [5.74, 6) is 0.681. The predicted octanol–water partition coefficient (Wildman–Crippen LogP) is 1.24. The lowest BCUT2D eigenvalue weighted by Gasteiger charge is -1.99. The number of carbonyl (C=O) groups excluding carboxylic acids is 1. The van der Waals surface area contributed by atoms with Crippen molar-refractivity contribution in [2.45, 2.75) is 6.92 Å². The third kappa shape index (κ3) is 4.26. The Bertz CT molecular complexity index is 361. The normalized spacial score (nSPS) is 10.3. The van der Waals surface area contributed by atoms with Crippen LogP contribution >= 0.6 is 0 Å². The highest BCUT2D eigenvalue weighted by molar-refractivity contribution is 5.73. The second kappa shape index (κ2) is 5.80. The van der Waals surface area contributed by atoms with Gasteiger partial charge in [-0.2, -0.15) is 0 Å². The van der Waals surface area contributed by atoms with Crippen LogP contribution in [0.25, 0.3) is 6.08 Å². The summed E-state index contributed by atoms with van der Waals surface area (Å²) in [5, 5.41) is 2.67. The van der Waals surface area contributed by atoms with E-state index in [1.165, 1.54) is 6.92 Å². The molecule has 80 valence electrons. The fourth-order valence-electron chi connectivity index (χ4n) is 1.04. The molecule has 1 aromatic heterocycles. The number of hydrogen-bond donors (Lipinski definition) is 1. The highest BCUT2D eigenvalue weighted by atomic mass is 16.5. The Morgan fingerprint density at radius 3 is 3.07 bits per heavy atom. The zero-order valence-corrected chi connectivity index (χ0v) is 8.86. The molecule has 0 atom stereocenters. The number of nitrogens with zero attached hydrogens (tertiary/aromatic N) is 1. The van der Waals surface area contributed by atoms with Crippen LogP contribution < -0.4 is 10.1 Å². The SMILES string of the molecule is COc1cncc(C=CCNC(C)=O)c1. The lowest BCUT2D eigenvalue weighted by atomic mass is 10.2. The fourth-order valence-corrected chi connectivity index (χ4v) is 1.04. The van der Waals surface area contributed by atoms with Gasteiger partial charge in [0, 0.05) is 19.7 Å². The molecule has 4 nitrogen and oxygen atoms in total. The molecule has 1 N–H and O–H groups in total. The zero-order valence-electron chi connectivity index (χ0n) is 8.86. The second-order valence-electron chi connectivity index (χ2n) is 3.00. The Kier molecular flexibility index (Phi) is 4.34. The summed E-state index contributed by atoms with van der Waals surface area (Å²) >= 11 is 0. The smallest absolute Gasteiger partial charge is 0.217 e. The van der Waals surface area contributed by atoms with Crippen LogP contribution in [0.2, 0.25) is 0 Å². The van der Waals surface area contributed by atoms with Gasteiger partial charge in [-0.3, -0.25) is 9.78 Å². The topological polar surface area (TPSA) is 51.2 Å². The van der Waals surface area contributed by atoms with E-state index in [1.54, 1.807) is 19.5 Å². The summed E-state index contributed by atoms with van der Waals surface area (Å²) in [5.41, 5.74) is 0.944. The third-order valence-corrected chi connectivity index (χ3v) is 1.75. The van der Waals surface area contributed by atoms with Gasteiger partial charge < -0.3 is 10.1 Å². The molecule has 0 aromatic carbocycles. The molecule has 0 aliphatic carbocycles. The van der Waals surface area contributed by atoms with Gasteiger partial charge in [0.25, 0.3) is 0 Å². The Labute approximate surface area is 89.0 Å². The van der Waals surface area contributed by atoms with E-state index in [0.717, 1.165) is 11.3 Å². The predicted molar refractivity (Wildman–Crippen MR) is 58.5 cm³/mol. The van der Waals surface area contributed by atoms with Crippen molar-refractivity contribution in [1.82, 2.24) is 10.3 Å². The standard InChI is InChI=1S/C11H14N2O2/c1-9(14)13-5-3-4-10-6-11(15-2)8-12-7-10/h3-4,6-8H,5H2,1-2H3,(H,13,14). The van der Waals surface area contributed by atoms with Gasteiger partial charge in [-0.25, -0.2) is 0 Å². The molecule has 15 heavy (non-hydrogen) atoms. The van der Waals surface area contributed by atoms with E-state index in [1.807, 2.05) is 18.2 Å². The summed E-state index contributed by atoms with van der Waals surface area (Å²) in [7, 11) is 1.60. The van der Waals surface area contributed by atoms with Crippen LogP contribution in [0.5, 0.6) is 5.75 Å². The van der Waals surface area contributed by atoms with E-state index in [4.69, 9.17) is 4.74 Å². The van der Waals surface area contributed by atoms with Crippen molar-refractivity contribution in [1.29, 1.82) is 0 Å². The molecule has 0 spiro atoms. The van der Waals surface area contributed by atoms with E-state index in [2.05, 4.69) is 10.3 Å². The van der Waals surface area contributed by atoms with E-state index < -0.39 is 0 Å². The number of carbonyl (C=O) groups is 1. The van der Waals surface area contributed by atoms with Crippen molar-refractivity contribution in [3.8, 4) is 5.75 Å². The van der Waals surface area contributed by atoms with Crippen LogP contribution in [-0.4, -0.2) is 24.5 Å². The molecular weight excluding hydrogens is 192 g/mol. The molecule has 1 heterocycles. The minimum absolute atomic E-state index is 0.0385. The first-order chi connectivity index (χ1) is 7.22. The largest absolute Gasteiger partial charge is 0.495 e. The molecule has 1 rings (SSSR count). The third-order valence-electron chi connectivity index (χ3n) is 1.75. The van der Waals surface area contributed by atoms with Gasteiger partial charge in [-0.05, 0) is 11.6 Å². The maximum atomic E-state index is 10.6. The van der Waals surface area contributed by atoms with Crippen molar-refractivity contribution < 1.29 is 9.53 Å². The average molecular weight is 206 g/mol. The van der Waals surface area contributed by atoms with Gasteiger partial charge >= 0.3 is 0 Å². The van der Waals surface area contributed by atoms with Gasteiger partial charge in [-0.1, -0.05) is 12.2 Å². The Hall–Kier alpha value is -1.84. The quantitative estimate of drug-likeness (QED) is 0.806. The highest BCUT2D eigenvalue weighted by Crippen LogP contribution is 2.10. The van der Waals surface area contributed by atoms with Crippen LogP contribution in [0.4, 0.5) is 0 Å². The summed E-state index contributed by atoms with van der Waals surface area (Å²) in [6.45, 7) is 2.01. The van der Waals surface area contributed by atoms with Crippen LogP contribution in [0.3, 0.4) is 0 Å². The molecule has 0 fully saturated rings. The number of hydrogen-bond acceptors (Lipinski definition) is 3. The van der Waals surface area contributed by atoms with Crippen molar-refractivity contribution >= 4 is 12.0 Å². The van der Waals surface area contributed by atoms with Gasteiger partial charge in [0.1, 0.15) is 5.75 Å². The Balaban J connectivity index is 2.52. The molecule has 0 unspecified atom stereocenters. The van der Waals surface area contributed by atoms with Crippen LogP contribution in [-0.2, 0) is 4.79 Å². The molecule has 0 radical (unpaired) electrons. The van der Waals surface area contributed by atoms with E-state index in [9.17, 15) is 4.79 Å². The molecule has 1 amide bonds. The van der Waals surface area contributed by atoms with Gasteiger partial charge in [0.15, 0.2) is 0 Å². The first kappa shape index (κ1) is 11.2. The van der Waals surface area contributed by atoms with Gasteiger partial charge in [-0.15, -0.1) is 0 Å². The average Bonchev–Trinajstić information content (AvgIpc) is 2.24. The monoisotopic (exact) mass is 206 g/mol. The second-order valence-corrected chi connectivity index (χ2v) is 3.00. The molecule has 0 bridgehead atoms. The molecule has 0 aliphatic heterocycles. The van der Waals surface area contributed by atoms with Crippen molar-refractivity contribution in [2.75, 3.05) is 13.7 Å². The molecule has 4 heteroatoms. The summed E-state index contributed by atoms with van der Waals surface area (Å²) in [4.78, 5) is 14.6. The number of ether oxygens (including phenoxy) is 1. The van der Waals surface area contributed by atoms with Crippen molar-refractivity contribution in [2.24, 2.45) is 0 Å². The number of rotatable bonds is 4. The molecule has 0 saturated heterocycles. The molecule has 0 saturated carbocycles. The van der Waals surface area contributed by atoms with Gasteiger partial charge in [0.2, 0.25) is 5.91 Å². The lowest BCUT2D eigenvalue weighted by Crippen LogP contribution is -2.19. The Morgan fingerprint density at radius 1 is 1.60 bits per heavy atom. The minimum atomic E-state index is -0.0385. The lowest BCUT2D eigenvalue weighted by molar-refractivity contribution is -0.118. The summed E-state index contributed by atoms with van der Waals surface area (Å²) < 4.78 is 5.03. The number of nitrogens with one attached hydrogen (secondary N) is 1. The van der Waals surface area contributed by atoms with Crippen LogP contribution in [0.15, 0.2) is 24.5 Å². The minimum Gasteiger partial charge on any atom is -0.495 e. The first-order valence-electron chi connectivity index (χ1n) is 4.62. The van der Waals surface area contributed by atoms with Gasteiger partial charge in [0.05, 0.1) is 13.3 Å². The maximum absolute atomic E-state index is 10.6. The maximum Gasteiger partial charge on any atom is 0.217 e. The first-order valence-corrected chi connectivity index (χ1v) is 4.62. The van der Waals surface area contributed by atoms with Crippen molar-refractivity contribution in [3.63, 3.8) is 0 Å². The van der Waals surface area contributed by atoms with Crippen molar-refractivity contribution in [3.05, 3.63) is 30.1 Å². The summed E-state index contributed by atoms with van der Waals surface area (Å²) in [6, 6.07) is 1.87. The number of methoxy groups -OCH3 is 1. The van der Waals surface area contributed by atoms with E-state index in [0.29, 0.717) is 6.54 Å². The number of pyridine rings is 1. The molecule has 0 aliphatic rings. The highest BCUT2D eigenvalue weighted by Gasteiger charge is 1.92.